The molecule has 0 radical (unpaired) electrons. The summed E-state index contributed by atoms with van der Waals surface area (Å²) in [5, 5.41) is 2.61. The van der Waals surface area contributed by atoms with Gasteiger partial charge in [0.2, 0.25) is 10.0 Å². The Bertz CT molecular complexity index is 1120. The van der Waals surface area contributed by atoms with Crippen LogP contribution in [-0.2, 0) is 37.1 Å². The molecule has 178 valence electrons. The van der Waals surface area contributed by atoms with Crippen molar-refractivity contribution in [2.75, 3.05) is 38.2 Å². The number of thiophene rings is 1. The predicted molar refractivity (Wildman–Crippen MR) is 125 cm³/mol. The first kappa shape index (κ1) is 23.9. The number of carbonyl (C=O) groups excluding carboxylic acids is 2. The van der Waals surface area contributed by atoms with Crippen LogP contribution < -0.4 is 5.32 Å². The van der Waals surface area contributed by atoms with E-state index < -0.39 is 28.5 Å². The standard InChI is InChI=1S/C23H28N2O6S2/c1-2-16-6-7-20-17(12-16)13-21(32-20)23(27)31-15-22(26)24-18-4-3-5-19(14-18)33(28,29)25-8-10-30-11-9-25/h3-5,13-14,16H,2,6-12,15H2,1H3,(H,24,26). The molecule has 1 N–H and O–H groups in total. The topological polar surface area (TPSA) is 102 Å². The Morgan fingerprint density at radius 3 is 2.79 bits per heavy atom. The van der Waals surface area contributed by atoms with E-state index in [4.69, 9.17) is 9.47 Å². The summed E-state index contributed by atoms with van der Waals surface area (Å²) in [6, 6.07) is 7.94. The van der Waals surface area contributed by atoms with Crippen molar-refractivity contribution in [3.8, 4) is 0 Å². The molecule has 1 amide bonds. The summed E-state index contributed by atoms with van der Waals surface area (Å²) in [4.78, 5) is 26.6. The first-order valence-corrected chi connectivity index (χ1v) is 13.4. The third-order valence-corrected chi connectivity index (χ3v) is 9.14. The van der Waals surface area contributed by atoms with Crippen molar-refractivity contribution in [3.63, 3.8) is 0 Å². The molecular formula is C23H28N2O6S2. The van der Waals surface area contributed by atoms with E-state index in [9.17, 15) is 18.0 Å². The maximum absolute atomic E-state index is 12.8. The van der Waals surface area contributed by atoms with Gasteiger partial charge in [-0.25, -0.2) is 13.2 Å². The number of fused-ring (bicyclic) bond motifs is 1. The van der Waals surface area contributed by atoms with Crippen molar-refractivity contribution in [1.29, 1.82) is 0 Å². The number of benzene rings is 1. The van der Waals surface area contributed by atoms with Crippen LogP contribution >= 0.6 is 11.3 Å². The second-order valence-corrected chi connectivity index (χ2v) is 11.3. The molecule has 1 unspecified atom stereocenters. The average molecular weight is 493 g/mol. The van der Waals surface area contributed by atoms with E-state index in [1.807, 2.05) is 6.07 Å². The average Bonchev–Trinajstić information content (AvgIpc) is 3.26. The van der Waals surface area contributed by atoms with Gasteiger partial charge in [0.1, 0.15) is 4.88 Å². The first-order valence-electron chi connectivity index (χ1n) is 11.1. The number of nitrogens with zero attached hydrogens (tertiary/aromatic N) is 1. The van der Waals surface area contributed by atoms with Gasteiger partial charge in [-0.15, -0.1) is 11.3 Å². The summed E-state index contributed by atoms with van der Waals surface area (Å²) in [6.07, 6.45) is 4.24. The molecule has 1 aromatic carbocycles. The van der Waals surface area contributed by atoms with Gasteiger partial charge in [-0.2, -0.15) is 4.31 Å². The Hall–Kier alpha value is -2.27. The second-order valence-electron chi connectivity index (χ2n) is 8.24. The van der Waals surface area contributed by atoms with Gasteiger partial charge in [0, 0.05) is 23.7 Å². The molecule has 1 fully saturated rings. The van der Waals surface area contributed by atoms with E-state index >= 15 is 0 Å². The number of hydrogen-bond donors (Lipinski definition) is 1. The van der Waals surface area contributed by atoms with Gasteiger partial charge in [-0.3, -0.25) is 4.79 Å². The SMILES string of the molecule is CCC1CCc2sc(C(=O)OCC(=O)Nc3cccc(S(=O)(=O)N4CCOCC4)c3)cc2C1. The van der Waals surface area contributed by atoms with Crippen molar-refractivity contribution < 1.29 is 27.5 Å². The van der Waals surface area contributed by atoms with Crippen molar-refractivity contribution in [1.82, 2.24) is 4.31 Å². The minimum absolute atomic E-state index is 0.0914. The van der Waals surface area contributed by atoms with E-state index in [2.05, 4.69) is 12.2 Å². The van der Waals surface area contributed by atoms with Gasteiger partial charge in [-0.05, 0) is 55.0 Å². The Morgan fingerprint density at radius 1 is 1.24 bits per heavy atom. The fourth-order valence-electron chi connectivity index (χ4n) is 4.12. The Kier molecular flexibility index (Phi) is 7.48. The number of esters is 1. The number of sulfonamides is 1. The number of hydrogen-bond acceptors (Lipinski definition) is 7. The lowest BCUT2D eigenvalue weighted by atomic mass is 9.87. The summed E-state index contributed by atoms with van der Waals surface area (Å²) in [5.41, 5.74) is 1.54. The number of nitrogens with one attached hydrogen (secondary N) is 1. The highest BCUT2D eigenvalue weighted by Gasteiger charge is 2.27. The van der Waals surface area contributed by atoms with Crippen LogP contribution in [0.25, 0.3) is 0 Å². The fraction of sp³-hybridized carbons (Fsp3) is 0.478. The van der Waals surface area contributed by atoms with Crippen molar-refractivity contribution >= 4 is 38.9 Å². The van der Waals surface area contributed by atoms with Crippen LogP contribution in [0.1, 0.15) is 39.9 Å². The minimum atomic E-state index is -3.67. The van der Waals surface area contributed by atoms with Gasteiger partial charge < -0.3 is 14.8 Å². The Balaban J connectivity index is 1.33. The lowest BCUT2D eigenvalue weighted by molar-refractivity contribution is -0.119. The summed E-state index contributed by atoms with van der Waals surface area (Å²) in [5.74, 6) is -0.387. The van der Waals surface area contributed by atoms with E-state index in [1.54, 1.807) is 12.1 Å². The summed E-state index contributed by atoms with van der Waals surface area (Å²) in [7, 11) is -3.67. The normalized spacial score (nSPS) is 19.0. The van der Waals surface area contributed by atoms with Crippen LogP contribution in [0.3, 0.4) is 0 Å². The lowest BCUT2D eigenvalue weighted by Crippen LogP contribution is -2.40. The van der Waals surface area contributed by atoms with Crippen LogP contribution in [0.15, 0.2) is 35.2 Å². The molecule has 1 aliphatic heterocycles. The molecule has 2 aromatic rings. The number of aryl methyl sites for hydroxylation is 1. The van der Waals surface area contributed by atoms with Gasteiger partial charge in [0.15, 0.2) is 6.61 Å². The zero-order chi connectivity index (χ0) is 23.4. The molecule has 1 aliphatic carbocycles. The molecule has 8 nitrogen and oxygen atoms in total. The highest BCUT2D eigenvalue weighted by atomic mass is 32.2. The fourth-order valence-corrected chi connectivity index (χ4v) is 6.67. The summed E-state index contributed by atoms with van der Waals surface area (Å²) < 4.78 is 37.4. The Morgan fingerprint density at radius 2 is 2.03 bits per heavy atom. The van der Waals surface area contributed by atoms with Gasteiger partial charge >= 0.3 is 5.97 Å². The van der Waals surface area contributed by atoms with Gasteiger partial charge in [-0.1, -0.05) is 19.4 Å². The van der Waals surface area contributed by atoms with E-state index in [0.717, 1.165) is 25.7 Å². The number of morpholine rings is 1. The number of carbonyl (C=O) groups is 2. The highest BCUT2D eigenvalue weighted by Crippen LogP contribution is 2.33. The summed E-state index contributed by atoms with van der Waals surface area (Å²) >= 11 is 1.44. The van der Waals surface area contributed by atoms with Gasteiger partial charge in [0.05, 0.1) is 18.1 Å². The quantitative estimate of drug-likeness (QED) is 0.596. The van der Waals surface area contributed by atoms with Crippen LogP contribution in [0, 0.1) is 5.92 Å². The smallest absolute Gasteiger partial charge is 0.348 e. The van der Waals surface area contributed by atoms with Crippen LogP contribution in [0.4, 0.5) is 5.69 Å². The minimum Gasteiger partial charge on any atom is -0.451 e. The molecule has 0 spiro atoms. The van der Waals surface area contributed by atoms with E-state index in [-0.39, 0.29) is 4.90 Å². The van der Waals surface area contributed by atoms with Crippen molar-refractivity contribution in [3.05, 3.63) is 45.6 Å². The molecule has 0 bridgehead atoms. The Labute approximate surface area is 197 Å². The molecule has 0 saturated carbocycles. The monoisotopic (exact) mass is 492 g/mol. The van der Waals surface area contributed by atoms with Crippen molar-refractivity contribution in [2.45, 2.75) is 37.5 Å². The molecule has 1 aromatic heterocycles. The molecule has 2 heterocycles. The molecule has 10 heteroatoms. The third kappa shape index (κ3) is 5.63. The largest absolute Gasteiger partial charge is 0.451 e. The maximum Gasteiger partial charge on any atom is 0.348 e. The molecule has 33 heavy (non-hydrogen) atoms. The predicted octanol–water partition coefficient (Wildman–Crippen LogP) is 3.08. The number of amides is 1. The van der Waals surface area contributed by atoms with E-state index in [1.165, 1.54) is 38.2 Å². The van der Waals surface area contributed by atoms with Gasteiger partial charge in [0.25, 0.3) is 5.91 Å². The first-order chi connectivity index (χ1) is 15.9. The third-order valence-electron chi connectivity index (χ3n) is 6.02. The second kappa shape index (κ2) is 10.3. The molecule has 1 atom stereocenters. The zero-order valence-corrected chi connectivity index (χ0v) is 20.2. The summed E-state index contributed by atoms with van der Waals surface area (Å²) in [6.45, 7) is 3.03. The molecule has 2 aliphatic rings. The van der Waals surface area contributed by atoms with Crippen LogP contribution in [0.5, 0.6) is 0 Å². The van der Waals surface area contributed by atoms with Crippen molar-refractivity contribution in [2.24, 2.45) is 5.92 Å². The van der Waals surface area contributed by atoms with Crippen LogP contribution in [0.2, 0.25) is 0 Å². The molecule has 1 saturated heterocycles. The number of anilines is 1. The maximum atomic E-state index is 12.8. The number of ether oxygens (including phenoxy) is 2. The zero-order valence-electron chi connectivity index (χ0n) is 18.5. The highest BCUT2D eigenvalue weighted by molar-refractivity contribution is 7.89. The lowest BCUT2D eigenvalue weighted by Gasteiger charge is -2.26. The van der Waals surface area contributed by atoms with Crippen LogP contribution in [-0.4, -0.2) is 57.5 Å². The number of rotatable bonds is 7. The molecule has 4 rings (SSSR count). The molecular weight excluding hydrogens is 464 g/mol. The van der Waals surface area contributed by atoms with E-state index in [0.29, 0.717) is 42.8 Å².